The van der Waals surface area contributed by atoms with Crippen molar-refractivity contribution >= 4 is 40.9 Å². The van der Waals surface area contributed by atoms with Gasteiger partial charge in [-0.25, -0.2) is 4.79 Å². The van der Waals surface area contributed by atoms with Gasteiger partial charge in [-0.2, -0.15) is 0 Å². The number of nitro benzene ring substituents is 1. The van der Waals surface area contributed by atoms with E-state index < -0.39 is 22.8 Å². The van der Waals surface area contributed by atoms with Gasteiger partial charge in [-0.15, -0.1) is 11.8 Å². The average Bonchev–Trinajstić information content (AvgIpc) is 2.49. The third kappa shape index (κ3) is 6.45. The number of unbranched alkanes of at least 4 members (excludes halogenated alkanes) is 1. The Morgan fingerprint density at radius 1 is 1.48 bits per heavy atom. The normalized spacial score (nSPS) is 11.7. The topological polar surface area (TPSA) is 110 Å². The van der Waals surface area contributed by atoms with Crippen LogP contribution in [0.15, 0.2) is 23.1 Å². The van der Waals surface area contributed by atoms with E-state index in [4.69, 9.17) is 16.7 Å². The van der Waals surface area contributed by atoms with Gasteiger partial charge >= 0.3 is 5.97 Å². The van der Waals surface area contributed by atoms with Gasteiger partial charge in [0.1, 0.15) is 6.04 Å². The lowest BCUT2D eigenvalue weighted by Crippen LogP contribution is -2.41. The van der Waals surface area contributed by atoms with Crippen LogP contribution in [-0.4, -0.2) is 33.7 Å². The van der Waals surface area contributed by atoms with E-state index in [1.807, 2.05) is 6.92 Å². The molecule has 0 saturated carbocycles. The van der Waals surface area contributed by atoms with Crippen LogP contribution in [0.1, 0.15) is 26.2 Å². The summed E-state index contributed by atoms with van der Waals surface area (Å²) in [6.07, 6.45) is 1.86. The summed E-state index contributed by atoms with van der Waals surface area (Å²) in [5.74, 6) is -1.68. The second-order valence-corrected chi connectivity index (χ2v) is 6.21. The molecule has 1 aromatic carbocycles. The van der Waals surface area contributed by atoms with Crippen LogP contribution in [-0.2, 0) is 9.59 Å². The molecule has 0 bridgehead atoms. The van der Waals surface area contributed by atoms with E-state index >= 15 is 0 Å². The SMILES string of the molecule is CCCC[C@H](NC(=O)CSc1ccc(Cl)cc1[N+](=O)[O-])C(=O)O. The van der Waals surface area contributed by atoms with Crippen LogP contribution in [0, 0.1) is 10.1 Å². The van der Waals surface area contributed by atoms with Crippen molar-refractivity contribution < 1.29 is 19.6 Å². The molecule has 126 valence electrons. The lowest BCUT2D eigenvalue weighted by Gasteiger charge is -2.13. The third-order valence-electron chi connectivity index (χ3n) is 2.96. The van der Waals surface area contributed by atoms with Gasteiger partial charge < -0.3 is 10.4 Å². The van der Waals surface area contributed by atoms with Crippen molar-refractivity contribution in [3.63, 3.8) is 0 Å². The molecule has 0 heterocycles. The van der Waals surface area contributed by atoms with E-state index in [-0.39, 0.29) is 16.5 Å². The number of benzene rings is 1. The van der Waals surface area contributed by atoms with Gasteiger partial charge in [0.2, 0.25) is 5.91 Å². The molecule has 0 saturated heterocycles. The van der Waals surface area contributed by atoms with Crippen LogP contribution in [0.3, 0.4) is 0 Å². The van der Waals surface area contributed by atoms with Gasteiger partial charge in [0.15, 0.2) is 0 Å². The summed E-state index contributed by atoms with van der Waals surface area (Å²) in [4.78, 5) is 33.6. The number of hydrogen-bond donors (Lipinski definition) is 2. The van der Waals surface area contributed by atoms with Crippen LogP contribution in [0.2, 0.25) is 5.02 Å². The minimum Gasteiger partial charge on any atom is -0.480 e. The summed E-state index contributed by atoms with van der Waals surface area (Å²) in [6.45, 7) is 1.93. The second kappa shape index (κ2) is 9.36. The molecule has 0 fully saturated rings. The highest BCUT2D eigenvalue weighted by Gasteiger charge is 2.20. The Hall–Kier alpha value is -1.80. The Morgan fingerprint density at radius 2 is 2.17 bits per heavy atom. The van der Waals surface area contributed by atoms with Gasteiger partial charge in [-0.1, -0.05) is 31.4 Å². The van der Waals surface area contributed by atoms with E-state index in [9.17, 15) is 19.7 Å². The minimum atomic E-state index is -1.09. The molecule has 23 heavy (non-hydrogen) atoms. The molecular formula is C14H17ClN2O5S. The number of carbonyl (C=O) groups is 2. The number of aliphatic carboxylic acids is 1. The highest BCUT2D eigenvalue weighted by Crippen LogP contribution is 2.31. The van der Waals surface area contributed by atoms with Crippen molar-refractivity contribution in [1.29, 1.82) is 0 Å². The van der Waals surface area contributed by atoms with Crippen LogP contribution in [0.5, 0.6) is 0 Å². The molecule has 1 atom stereocenters. The number of carboxylic acid groups (broad SMARTS) is 1. The molecule has 0 spiro atoms. The summed E-state index contributed by atoms with van der Waals surface area (Å²) in [6, 6.07) is 3.23. The van der Waals surface area contributed by atoms with Crippen molar-refractivity contribution in [3.05, 3.63) is 33.3 Å². The summed E-state index contributed by atoms with van der Waals surface area (Å²) in [7, 11) is 0. The van der Waals surface area contributed by atoms with Crippen LogP contribution >= 0.6 is 23.4 Å². The summed E-state index contributed by atoms with van der Waals surface area (Å²) in [5.41, 5.74) is -0.184. The van der Waals surface area contributed by atoms with E-state index in [1.165, 1.54) is 18.2 Å². The Kier molecular flexibility index (Phi) is 7.84. The Morgan fingerprint density at radius 3 is 2.74 bits per heavy atom. The predicted octanol–water partition coefficient (Wildman–Crippen LogP) is 3.10. The number of halogens is 1. The smallest absolute Gasteiger partial charge is 0.326 e. The minimum absolute atomic E-state index is 0.113. The zero-order chi connectivity index (χ0) is 17.4. The maximum Gasteiger partial charge on any atom is 0.326 e. The lowest BCUT2D eigenvalue weighted by molar-refractivity contribution is -0.387. The van der Waals surface area contributed by atoms with Gasteiger partial charge in [0.25, 0.3) is 5.69 Å². The van der Waals surface area contributed by atoms with Crippen LogP contribution in [0.4, 0.5) is 5.69 Å². The number of carboxylic acids is 1. The zero-order valence-electron chi connectivity index (χ0n) is 12.5. The van der Waals surface area contributed by atoms with Crippen molar-refractivity contribution in [3.8, 4) is 0 Å². The Balaban J connectivity index is 2.65. The first-order chi connectivity index (χ1) is 10.8. The largest absolute Gasteiger partial charge is 0.480 e. The number of rotatable bonds is 9. The summed E-state index contributed by atoms with van der Waals surface area (Å²) < 4.78 is 0. The molecule has 0 aliphatic rings. The highest BCUT2D eigenvalue weighted by molar-refractivity contribution is 8.00. The molecule has 0 aliphatic heterocycles. The number of hydrogen-bond acceptors (Lipinski definition) is 5. The molecule has 1 rings (SSSR count). The molecule has 0 aromatic heterocycles. The Labute approximate surface area is 142 Å². The quantitative estimate of drug-likeness (QED) is 0.398. The Bertz CT molecular complexity index is 597. The standard InChI is InChI=1S/C14H17ClN2O5S/c1-2-3-4-10(14(19)20)16-13(18)8-23-12-6-5-9(15)7-11(12)17(21)22/h5-7,10H,2-4,8H2,1H3,(H,16,18)(H,19,20)/t10-/m0/s1. The highest BCUT2D eigenvalue weighted by atomic mass is 35.5. The number of amides is 1. The molecule has 0 unspecified atom stereocenters. The zero-order valence-corrected chi connectivity index (χ0v) is 14.0. The fraction of sp³-hybridized carbons (Fsp3) is 0.429. The van der Waals surface area contributed by atoms with Crippen molar-refractivity contribution in [1.82, 2.24) is 5.32 Å². The fourth-order valence-corrected chi connectivity index (χ4v) is 2.78. The van der Waals surface area contributed by atoms with Gasteiger partial charge in [0, 0.05) is 11.1 Å². The maximum atomic E-state index is 11.9. The van der Waals surface area contributed by atoms with Crippen molar-refractivity contribution in [2.45, 2.75) is 37.1 Å². The van der Waals surface area contributed by atoms with Crippen molar-refractivity contribution in [2.24, 2.45) is 0 Å². The van der Waals surface area contributed by atoms with E-state index in [1.54, 1.807) is 0 Å². The average molecular weight is 361 g/mol. The lowest BCUT2D eigenvalue weighted by atomic mass is 10.1. The maximum absolute atomic E-state index is 11.9. The third-order valence-corrected chi connectivity index (χ3v) is 4.25. The van der Waals surface area contributed by atoms with Gasteiger partial charge in [-0.05, 0) is 18.6 Å². The van der Waals surface area contributed by atoms with E-state index in [2.05, 4.69) is 5.32 Å². The number of thioether (sulfide) groups is 1. The molecular weight excluding hydrogens is 344 g/mol. The first kappa shape index (κ1) is 19.2. The number of nitrogens with one attached hydrogen (secondary N) is 1. The first-order valence-electron chi connectivity index (χ1n) is 6.94. The molecule has 1 aromatic rings. The predicted molar refractivity (Wildman–Crippen MR) is 87.9 cm³/mol. The van der Waals surface area contributed by atoms with Crippen LogP contribution in [0.25, 0.3) is 0 Å². The second-order valence-electron chi connectivity index (χ2n) is 4.76. The molecule has 1 amide bonds. The van der Waals surface area contributed by atoms with E-state index in [0.717, 1.165) is 18.2 Å². The summed E-state index contributed by atoms with van der Waals surface area (Å²) in [5, 5.41) is 22.7. The van der Waals surface area contributed by atoms with E-state index in [0.29, 0.717) is 17.7 Å². The number of carbonyl (C=O) groups excluding carboxylic acids is 1. The van der Waals surface area contributed by atoms with Crippen molar-refractivity contribution in [2.75, 3.05) is 5.75 Å². The molecule has 9 heteroatoms. The number of nitro groups is 1. The molecule has 0 aliphatic carbocycles. The molecule has 2 N–H and O–H groups in total. The monoisotopic (exact) mass is 360 g/mol. The van der Waals surface area contributed by atoms with Crippen LogP contribution < -0.4 is 5.32 Å². The summed E-state index contributed by atoms with van der Waals surface area (Å²) >= 11 is 6.68. The molecule has 7 nitrogen and oxygen atoms in total. The van der Waals surface area contributed by atoms with Gasteiger partial charge in [0.05, 0.1) is 15.6 Å². The molecule has 0 radical (unpaired) electrons. The fourth-order valence-electron chi connectivity index (χ4n) is 1.80. The first-order valence-corrected chi connectivity index (χ1v) is 8.30. The number of nitrogens with zero attached hydrogens (tertiary/aromatic N) is 1. The van der Waals surface area contributed by atoms with Gasteiger partial charge in [-0.3, -0.25) is 14.9 Å².